The molecule has 2 aromatic rings. The van der Waals surface area contributed by atoms with Crippen LogP contribution in [-0.2, 0) is 11.2 Å². The third-order valence-electron chi connectivity index (χ3n) is 7.98. The molecule has 2 atom stereocenters. The third kappa shape index (κ3) is 6.35. The maximum atomic E-state index is 13.7. The topological polar surface area (TPSA) is 78.4 Å². The second-order valence-electron chi connectivity index (χ2n) is 10.5. The first-order chi connectivity index (χ1) is 18.3. The Labute approximate surface area is 231 Å². The van der Waals surface area contributed by atoms with Crippen LogP contribution >= 0.6 is 12.6 Å². The van der Waals surface area contributed by atoms with Crippen molar-refractivity contribution in [3.8, 4) is 0 Å². The summed E-state index contributed by atoms with van der Waals surface area (Å²) >= 11 is 4.19. The number of carbonyl (C=O) groups is 2. The van der Waals surface area contributed by atoms with Gasteiger partial charge in [-0.2, -0.15) is 12.6 Å². The number of fused-ring (bicyclic) bond motifs is 1. The number of carbonyl (C=O) groups excluding carboxylic acids is 2. The number of rotatable bonds is 10. The Hall–Kier alpha value is -2.97. The van der Waals surface area contributed by atoms with Crippen molar-refractivity contribution in [2.24, 2.45) is 0 Å². The summed E-state index contributed by atoms with van der Waals surface area (Å²) in [5.74, 6) is 0.0395. The lowest BCUT2D eigenvalue weighted by Gasteiger charge is -2.43. The molecular weight excluding hydrogens is 494 g/mol. The summed E-state index contributed by atoms with van der Waals surface area (Å²) in [5, 5.41) is 4.72. The van der Waals surface area contributed by atoms with Crippen molar-refractivity contribution < 1.29 is 9.59 Å². The van der Waals surface area contributed by atoms with Crippen molar-refractivity contribution in [1.29, 1.82) is 0 Å². The minimum absolute atomic E-state index is 0.0539. The first-order valence-electron chi connectivity index (χ1n) is 13.5. The molecule has 1 aromatic heterocycles. The number of aryl methyl sites for hydroxylation is 2. The summed E-state index contributed by atoms with van der Waals surface area (Å²) in [6.07, 6.45) is 6.88. The van der Waals surface area contributed by atoms with Gasteiger partial charge in [-0.3, -0.25) is 9.59 Å². The maximum Gasteiger partial charge on any atom is 0.254 e. The van der Waals surface area contributed by atoms with Gasteiger partial charge in [-0.05, 0) is 68.6 Å². The fourth-order valence-corrected chi connectivity index (χ4v) is 5.88. The van der Waals surface area contributed by atoms with E-state index in [-0.39, 0.29) is 23.8 Å². The van der Waals surface area contributed by atoms with Gasteiger partial charge < -0.3 is 15.1 Å². The molecule has 7 nitrogen and oxygen atoms in total. The van der Waals surface area contributed by atoms with Crippen molar-refractivity contribution in [1.82, 2.24) is 25.1 Å². The van der Waals surface area contributed by atoms with Crippen LogP contribution in [0.2, 0.25) is 0 Å². The monoisotopic (exact) mass is 533 g/mol. The number of likely N-dealkylation sites (tertiary alicyclic amines) is 1. The number of nitrogens with zero attached hydrogens (tertiary/aromatic N) is 4. The molecule has 2 amide bonds. The standard InChI is InChI=1S/C30H39N5O2S/c1-20(12-16-38)18-35(30(37)27-17-24-7-5-6-8-26(24)27)25-10-14-34(15-11-25)21(2)9-13-31-29(36)28-22(3)32-19-33-23(28)4/h5-8,12,16,19,21,25,27,38H,1,9-11,13-15,17-18H2,2-4H3,(H,31,36)/b16-12-. The summed E-state index contributed by atoms with van der Waals surface area (Å²) in [6, 6.07) is 8.77. The van der Waals surface area contributed by atoms with E-state index in [0.29, 0.717) is 36.1 Å². The van der Waals surface area contributed by atoms with E-state index in [0.717, 1.165) is 44.3 Å². The molecule has 0 spiro atoms. The van der Waals surface area contributed by atoms with Gasteiger partial charge in [0.05, 0.1) is 22.9 Å². The van der Waals surface area contributed by atoms with Crippen molar-refractivity contribution in [2.45, 2.75) is 64.5 Å². The molecule has 1 N–H and O–H groups in total. The van der Waals surface area contributed by atoms with Crippen molar-refractivity contribution in [2.75, 3.05) is 26.2 Å². The Balaban J connectivity index is 1.31. The van der Waals surface area contributed by atoms with Gasteiger partial charge in [0.2, 0.25) is 5.91 Å². The molecule has 0 radical (unpaired) electrons. The van der Waals surface area contributed by atoms with Gasteiger partial charge >= 0.3 is 0 Å². The molecule has 1 aliphatic heterocycles. The van der Waals surface area contributed by atoms with E-state index in [9.17, 15) is 9.59 Å². The Morgan fingerprint density at radius 1 is 1.21 bits per heavy atom. The minimum atomic E-state index is -0.117. The fraction of sp³-hybridized carbons (Fsp3) is 0.467. The number of hydrogen-bond acceptors (Lipinski definition) is 6. The molecule has 1 fully saturated rings. The molecule has 0 saturated carbocycles. The van der Waals surface area contributed by atoms with Gasteiger partial charge in [0.25, 0.3) is 5.91 Å². The van der Waals surface area contributed by atoms with Crippen molar-refractivity contribution >= 4 is 24.4 Å². The minimum Gasteiger partial charge on any atom is -0.352 e. The number of piperidine rings is 1. The zero-order chi connectivity index (χ0) is 27.2. The van der Waals surface area contributed by atoms with Crippen LogP contribution in [0.5, 0.6) is 0 Å². The summed E-state index contributed by atoms with van der Waals surface area (Å²) in [7, 11) is 0. The molecule has 202 valence electrons. The molecule has 4 rings (SSSR count). The Bertz CT molecular complexity index is 1180. The summed E-state index contributed by atoms with van der Waals surface area (Å²) in [5.41, 5.74) is 5.29. The highest BCUT2D eigenvalue weighted by Crippen LogP contribution is 2.37. The van der Waals surface area contributed by atoms with Crippen LogP contribution in [0.1, 0.15) is 65.0 Å². The first kappa shape index (κ1) is 28.0. The van der Waals surface area contributed by atoms with E-state index < -0.39 is 0 Å². The van der Waals surface area contributed by atoms with Gasteiger partial charge in [0.1, 0.15) is 6.33 Å². The number of amides is 2. The lowest BCUT2D eigenvalue weighted by Crippen LogP contribution is -2.52. The molecule has 8 heteroatoms. The highest BCUT2D eigenvalue weighted by atomic mass is 32.1. The lowest BCUT2D eigenvalue weighted by molar-refractivity contribution is -0.136. The quantitative estimate of drug-likeness (QED) is 0.353. The van der Waals surface area contributed by atoms with E-state index in [1.54, 1.807) is 5.41 Å². The van der Waals surface area contributed by atoms with Gasteiger partial charge in [-0.25, -0.2) is 9.97 Å². The van der Waals surface area contributed by atoms with Gasteiger partial charge in [-0.15, -0.1) is 0 Å². The van der Waals surface area contributed by atoms with Crippen molar-refractivity contribution in [3.63, 3.8) is 0 Å². The van der Waals surface area contributed by atoms with Crippen LogP contribution in [0.4, 0.5) is 0 Å². The predicted molar refractivity (Wildman–Crippen MR) is 154 cm³/mol. The zero-order valence-corrected chi connectivity index (χ0v) is 23.6. The molecule has 1 aromatic carbocycles. The summed E-state index contributed by atoms with van der Waals surface area (Å²) < 4.78 is 0. The van der Waals surface area contributed by atoms with Crippen LogP contribution < -0.4 is 5.32 Å². The normalized spacial score (nSPS) is 18.5. The molecule has 1 aliphatic carbocycles. The zero-order valence-electron chi connectivity index (χ0n) is 22.7. The number of nitrogens with one attached hydrogen (secondary N) is 1. The highest BCUT2D eigenvalue weighted by Gasteiger charge is 2.38. The van der Waals surface area contributed by atoms with Crippen molar-refractivity contribution in [3.05, 3.63) is 82.3 Å². The van der Waals surface area contributed by atoms with Gasteiger partial charge in [0, 0.05) is 38.3 Å². The summed E-state index contributed by atoms with van der Waals surface area (Å²) in [4.78, 5) is 39.2. The molecular formula is C30H39N5O2S. The molecule has 0 bridgehead atoms. The Morgan fingerprint density at radius 2 is 1.89 bits per heavy atom. The number of hydrogen-bond donors (Lipinski definition) is 2. The smallest absolute Gasteiger partial charge is 0.254 e. The molecule has 2 unspecified atom stereocenters. The average molecular weight is 534 g/mol. The SMILES string of the molecule is C=C(/C=C\S)CN(C(=O)C1Cc2ccccc21)C1CCN(C(C)CCNC(=O)c2c(C)ncnc2C)CC1. The molecule has 2 aliphatic rings. The maximum absolute atomic E-state index is 13.7. The van der Waals surface area contributed by atoms with E-state index in [4.69, 9.17) is 0 Å². The van der Waals surface area contributed by atoms with Crippen LogP contribution in [0.25, 0.3) is 0 Å². The average Bonchev–Trinajstić information content (AvgIpc) is 2.88. The third-order valence-corrected chi connectivity index (χ3v) is 8.13. The molecule has 1 saturated heterocycles. The van der Waals surface area contributed by atoms with Crippen LogP contribution in [-0.4, -0.2) is 69.8 Å². The van der Waals surface area contributed by atoms with Crippen LogP contribution in [0.15, 0.2) is 54.2 Å². The Morgan fingerprint density at radius 3 is 2.55 bits per heavy atom. The van der Waals surface area contributed by atoms with E-state index in [1.807, 2.05) is 32.1 Å². The highest BCUT2D eigenvalue weighted by molar-refractivity contribution is 7.83. The Kier molecular flexibility index (Phi) is 9.39. The largest absolute Gasteiger partial charge is 0.352 e. The molecule has 38 heavy (non-hydrogen) atoms. The van der Waals surface area contributed by atoms with Crippen LogP contribution in [0, 0.1) is 13.8 Å². The predicted octanol–water partition coefficient (Wildman–Crippen LogP) is 4.23. The number of aromatic nitrogens is 2. The van der Waals surface area contributed by atoms with Gasteiger partial charge in [0.15, 0.2) is 0 Å². The second kappa shape index (κ2) is 12.7. The van der Waals surface area contributed by atoms with E-state index >= 15 is 0 Å². The second-order valence-corrected chi connectivity index (χ2v) is 10.8. The number of thiol groups is 1. The lowest BCUT2D eigenvalue weighted by atomic mass is 9.76. The first-order valence-corrected chi connectivity index (χ1v) is 14.0. The van der Waals surface area contributed by atoms with Crippen LogP contribution in [0.3, 0.4) is 0 Å². The fourth-order valence-electron chi connectivity index (χ4n) is 5.67. The van der Waals surface area contributed by atoms with Gasteiger partial charge in [-0.1, -0.05) is 36.9 Å². The van der Waals surface area contributed by atoms with E-state index in [2.05, 4.69) is 63.3 Å². The summed E-state index contributed by atoms with van der Waals surface area (Å²) in [6.45, 7) is 13.0. The number of benzene rings is 1. The van der Waals surface area contributed by atoms with E-state index in [1.165, 1.54) is 17.5 Å². The molecule has 2 heterocycles.